The van der Waals surface area contributed by atoms with E-state index in [0.717, 1.165) is 23.3 Å². The van der Waals surface area contributed by atoms with Crippen molar-refractivity contribution in [2.24, 2.45) is 5.73 Å². The van der Waals surface area contributed by atoms with Crippen LogP contribution >= 0.6 is 0 Å². The Morgan fingerprint density at radius 1 is 1.63 bits per heavy atom. The zero-order chi connectivity index (χ0) is 14.0. The first-order valence-electron chi connectivity index (χ1n) is 6.34. The number of rotatable bonds is 5. The summed E-state index contributed by atoms with van der Waals surface area (Å²) < 4.78 is 11.1. The Morgan fingerprint density at radius 2 is 2.37 bits per heavy atom. The van der Waals surface area contributed by atoms with Crippen molar-refractivity contribution in [2.45, 2.75) is 31.8 Å². The molecule has 2 atom stereocenters. The zero-order valence-electron chi connectivity index (χ0n) is 11.2. The van der Waals surface area contributed by atoms with Crippen molar-refractivity contribution in [1.82, 2.24) is 0 Å². The minimum absolute atomic E-state index is 0.0127. The highest BCUT2D eigenvalue weighted by Gasteiger charge is 2.25. The van der Waals surface area contributed by atoms with Crippen molar-refractivity contribution >= 4 is 5.97 Å². The number of hydrogen-bond donors (Lipinski definition) is 2. The third-order valence-electron chi connectivity index (χ3n) is 3.39. The topological polar surface area (TPSA) is 81.8 Å². The molecule has 0 aliphatic carbocycles. The number of fused-ring (bicyclic) bond motifs is 1. The van der Waals surface area contributed by atoms with Crippen LogP contribution in [0.4, 0.5) is 0 Å². The predicted octanol–water partition coefficient (Wildman–Crippen LogP) is 1.54. The average molecular weight is 265 g/mol. The fourth-order valence-electron chi connectivity index (χ4n) is 2.48. The van der Waals surface area contributed by atoms with Gasteiger partial charge in [-0.25, -0.2) is 0 Å². The Hall–Kier alpha value is -1.75. The Labute approximate surface area is 112 Å². The number of carboxylic acids is 1. The monoisotopic (exact) mass is 265 g/mol. The number of ether oxygens (including phenoxy) is 2. The Kier molecular flexibility index (Phi) is 3.95. The van der Waals surface area contributed by atoms with Gasteiger partial charge in [0.2, 0.25) is 0 Å². The summed E-state index contributed by atoms with van der Waals surface area (Å²) in [4.78, 5) is 10.9. The molecule has 2 unspecified atom stereocenters. The maximum Gasteiger partial charge on any atom is 0.304 e. The molecule has 0 aromatic heterocycles. The van der Waals surface area contributed by atoms with Gasteiger partial charge in [0.15, 0.2) is 0 Å². The molecule has 0 radical (unpaired) electrons. The minimum atomic E-state index is -0.868. The van der Waals surface area contributed by atoms with Gasteiger partial charge in [-0.2, -0.15) is 0 Å². The highest BCUT2D eigenvalue weighted by Crippen LogP contribution is 2.38. The third kappa shape index (κ3) is 2.81. The van der Waals surface area contributed by atoms with Crippen LogP contribution in [-0.4, -0.2) is 30.8 Å². The molecule has 0 bridgehead atoms. The minimum Gasteiger partial charge on any atom is -0.496 e. The smallest absolute Gasteiger partial charge is 0.304 e. The molecule has 104 valence electrons. The molecule has 0 fully saturated rings. The van der Waals surface area contributed by atoms with Crippen LogP contribution in [0.15, 0.2) is 12.1 Å². The summed E-state index contributed by atoms with van der Waals surface area (Å²) >= 11 is 0. The van der Waals surface area contributed by atoms with Crippen LogP contribution in [0, 0.1) is 0 Å². The first-order valence-corrected chi connectivity index (χ1v) is 6.34. The van der Waals surface area contributed by atoms with Crippen LogP contribution in [0.25, 0.3) is 0 Å². The van der Waals surface area contributed by atoms with E-state index in [4.69, 9.17) is 20.3 Å². The molecular formula is C14H19NO4. The molecule has 5 heteroatoms. The van der Waals surface area contributed by atoms with E-state index in [2.05, 4.69) is 0 Å². The van der Waals surface area contributed by atoms with E-state index in [0.29, 0.717) is 5.75 Å². The van der Waals surface area contributed by atoms with Gasteiger partial charge in [-0.15, -0.1) is 0 Å². The number of carboxylic acid groups (broad SMARTS) is 1. The Bertz CT molecular complexity index is 487. The van der Waals surface area contributed by atoms with Gasteiger partial charge in [0.25, 0.3) is 0 Å². The average Bonchev–Trinajstić information content (AvgIpc) is 2.73. The van der Waals surface area contributed by atoms with Crippen LogP contribution in [0.5, 0.6) is 11.5 Å². The van der Waals surface area contributed by atoms with Gasteiger partial charge in [0.1, 0.15) is 17.6 Å². The lowest BCUT2D eigenvalue weighted by atomic mass is 9.93. The molecule has 3 N–H and O–H groups in total. The summed E-state index contributed by atoms with van der Waals surface area (Å²) in [5.41, 5.74) is 7.59. The predicted molar refractivity (Wildman–Crippen MR) is 70.8 cm³/mol. The van der Waals surface area contributed by atoms with E-state index in [1.807, 2.05) is 19.1 Å². The maximum atomic E-state index is 10.9. The quantitative estimate of drug-likeness (QED) is 0.843. The van der Waals surface area contributed by atoms with Crippen LogP contribution < -0.4 is 15.2 Å². The maximum absolute atomic E-state index is 10.9. The molecule has 0 spiro atoms. The molecule has 0 amide bonds. The fraction of sp³-hybridized carbons (Fsp3) is 0.500. The molecule has 1 aliphatic heterocycles. The second-order valence-electron chi connectivity index (χ2n) is 4.86. The van der Waals surface area contributed by atoms with E-state index in [1.165, 1.54) is 0 Å². The summed E-state index contributed by atoms with van der Waals surface area (Å²) in [6, 6.07) is 3.80. The molecule has 2 rings (SSSR count). The van der Waals surface area contributed by atoms with Crippen molar-refractivity contribution in [1.29, 1.82) is 0 Å². The molecule has 0 saturated carbocycles. The molecule has 1 aromatic rings. The molecule has 5 nitrogen and oxygen atoms in total. The van der Waals surface area contributed by atoms with Crippen molar-refractivity contribution in [2.75, 3.05) is 13.7 Å². The number of hydrogen-bond acceptors (Lipinski definition) is 4. The van der Waals surface area contributed by atoms with Crippen molar-refractivity contribution in [3.63, 3.8) is 0 Å². The van der Waals surface area contributed by atoms with Crippen LogP contribution in [-0.2, 0) is 11.2 Å². The third-order valence-corrected chi connectivity index (χ3v) is 3.39. The molecule has 1 heterocycles. The van der Waals surface area contributed by atoms with E-state index in [-0.39, 0.29) is 25.0 Å². The lowest BCUT2D eigenvalue weighted by Gasteiger charge is -2.17. The van der Waals surface area contributed by atoms with Crippen molar-refractivity contribution < 1.29 is 19.4 Å². The van der Waals surface area contributed by atoms with Gasteiger partial charge >= 0.3 is 5.97 Å². The van der Waals surface area contributed by atoms with E-state index < -0.39 is 5.97 Å². The summed E-state index contributed by atoms with van der Waals surface area (Å²) in [5, 5.41) is 8.95. The summed E-state index contributed by atoms with van der Waals surface area (Å²) in [7, 11) is 1.58. The lowest BCUT2D eigenvalue weighted by Crippen LogP contribution is -2.17. The molecule has 1 aliphatic rings. The van der Waals surface area contributed by atoms with Gasteiger partial charge in [-0.3, -0.25) is 4.79 Å². The standard InChI is InChI=1S/C14H19NO4/c1-8-3-9-4-13(18-2)11(6-12(9)19-8)10(7-15)5-14(16)17/h4,6,8,10H,3,5,7,15H2,1-2H3,(H,16,17). The number of nitrogens with two attached hydrogens (primary N) is 1. The zero-order valence-corrected chi connectivity index (χ0v) is 11.2. The van der Waals surface area contributed by atoms with Gasteiger partial charge in [0.05, 0.1) is 13.5 Å². The number of aliphatic carboxylic acids is 1. The number of benzene rings is 1. The Balaban J connectivity index is 2.38. The van der Waals surface area contributed by atoms with E-state index in [9.17, 15) is 4.79 Å². The SMILES string of the molecule is COc1cc2c(cc1C(CN)CC(=O)O)OC(C)C2. The Morgan fingerprint density at radius 3 is 2.95 bits per heavy atom. The summed E-state index contributed by atoms with van der Waals surface area (Å²) in [6.45, 7) is 2.26. The van der Waals surface area contributed by atoms with Gasteiger partial charge in [-0.1, -0.05) is 0 Å². The molecule has 0 saturated heterocycles. The van der Waals surface area contributed by atoms with Crippen LogP contribution in [0.2, 0.25) is 0 Å². The van der Waals surface area contributed by atoms with E-state index in [1.54, 1.807) is 7.11 Å². The van der Waals surface area contributed by atoms with Gasteiger partial charge in [0, 0.05) is 23.5 Å². The van der Waals surface area contributed by atoms with Crippen molar-refractivity contribution in [3.05, 3.63) is 23.3 Å². The summed E-state index contributed by atoms with van der Waals surface area (Å²) in [6.07, 6.45) is 0.977. The fourth-order valence-corrected chi connectivity index (χ4v) is 2.48. The van der Waals surface area contributed by atoms with Gasteiger partial charge in [-0.05, 0) is 25.6 Å². The largest absolute Gasteiger partial charge is 0.496 e. The molecular weight excluding hydrogens is 246 g/mol. The first-order chi connectivity index (χ1) is 9.05. The number of carbonyl (C=O) groups is 1. The lowest BCUT2D eigenvalue weighted by molar-refractivity contribution is -0.137. The highest BCUT2D eigenvalue weighted by molar-refractivity contribution is 5.68. The van der Waals surface area contributed by atoms with Crippen LogP contribution in [0.3, 0.4) is 0 Å². The summed E-state index contributed by atoms with van der Waals surface area (Å²) in [5.74, 6) is 0.366. The normalized spacial score (nSPS) is 18.6. The van der Waals surface area contributed by atoms with E-state index >= 15 is 0 Å². The second kappa shape index (κ2) is 5.48. The highest BCUT2D eigenvalue weighted by atomic mass is 16.5. The first kappa shape index (κ1) is 13.7. The second-order valence-corrected chi connectivity index (χ2v) is 4.86. The van der Waals surface area contributed by atoms with Gasteiger partial charge < -0.3 is 20.3 Å². The van der Waals surface area contributed by atoms with Crippen molar-refractivity contribution in [3.8, 4) is 11.5 Å². The molecule has 1 aromatic carbocycles. The number of methoxy groups -OCH3 is 1. The van der Waals surface area contributed by atoms with Crippen LogP contribution in [0.1, 0.15) is 30.4 Å². The molecule has 19 heavy (non-hydrogen) atoms.